The fourth-order valence-electron chi connectivity index (χ4n) is 4.18. The lowest BCUT2D eigenvalue weighted by molar-refractivity contribution is -0.139. The summed E-state index contributed by atoms with van der Waals surface area (Å²) < 4.78 is 45.9. The number of oxime groups is 1. The van der Waals surface area contributed by atoms with E-state index in [4.69, 9.17) is 4.42 Å². The first-order chi connectivity index (χ1) is 14.9. The minimum atomic E-state index is -4.42. The summed E-state index contributed by atoms with van der Waals surface area (Å²) in [5.41, 5.74) is 1.09. The highest BCUT2D eigenvalue weighted by Crippen LogP contribution is 2.50. The highest BCUT2D eigenvalue weighted by molar-refractivity contribution is 5.89. The van der Waals surface area contributed by atoms with Crippen LogP contribution in [0.5, 0.6) is 0 Å². The topological polar surface area (TPSA) is 70.7 Å². The molecule has 1 aliphatic rings. The average molecular weight is 429 g/mol. The SMILES string of the molecule is ON=C(CNc1ccc(-c2cnco2)cc1)CC1(c2ccccc2C(F)(F)F)CCC1. The normalized spacial score (nSPS) is 16.0. The molecule has 0 aliphatic heterocycles. The lowest BCUT2D eigenvalue weighted by atomic mass is 9.60. The summed E-state index contributed by atoms with van der Waals surface area (Å²) in [5.74, 6) is 0.652. The Morgan fingerprint density at radius 3 is 2.45 bits per heavy atom. The number of hydrogen-bond acceptors (Lipinski definition) is 5. The van der Waals surface area contributed by atoms with Crippen molar-refractivity contribution in [2.45, 2.75) is 37.3 Å². The van der Waals surface area contributed by atoms with Gasteiger partial charge in [0, 0.05) is 23.1 Å². The van der Waals surface area contributed by atoms with Gasteiger partial charge in [-0.2, -0.15) is 13.2 Å². The number of alkyl halides is 3. The van der Waals surface area contributed by atoms with Gasteiger partial charge in [0.05, 0.1) is 24.0 Å². The number of nitrogens with one attached hydrogen (secondary N) is 1. The molecule has 4 rings (SSSR count). The molecule has 8 heteroatoms. The maximum Gasteiger partial charge on any atom is 0.416 e. The zero-order chi connectivity index (χ0) is 21.9. The third-order valence-electron chi connectivity index (χ3n) is 5.90. The molecule has 0 bridgehead atoms. The Hall–Kier alpha value is -3.29. The second kappa shape index (κ2) is 8.45. The van der Waals surface area contributed by atoms with Crippen molar-refractivity contribution in [3.63, 3.8) is 0 Å². The molecule has 0 saturated heterocycles. The third kappa shape index (κ3) is 4.42. The van der Waals surface area contributed by atoms with Crippen molar-refractivity contribution in [1.82, 2.24) is 4.98 Å². The Morgan fingerprint density at radius 2 is 1.87 bits per heavy atom. The Labute approximate surface area is 177 Å². The van der Waals surface area contributed by atoms with Gasteiger partial charge in [-0.25, -0.2) is 4.98 Å². The molecule has 31 heavy (non-hydrogen) atoms. The molecule has 5 nitrogen and oxygen atoms in total. The van der Waals surface area contributed by atoms with Crippen LogP contribution in [0.1, 0.15) is 36.8 Å². The molecule has 0 atom stereocenters. The molecule has 162 valence electrons. The van der Waals surface area contributed by atoms with E-state index in [0.29, 0.717) is 24.3 Å². The zero-order valence-electron chi connectivity index (χ0n) is 16.7. The number of halogens is 3. The lowest BCUT2D eigenvalue weighted by Crippen LogP contribution is -2.39. The summed E-state index contributed by atoms with van der Waals surface area (Å²) in [7, 11) is 0. The number of aromatic nitrogens is 1. The van der Waals surface area contributed by atoms with Crippen LogP contribution >= 0.6 is 0 Å². The van der Waals surface area contributed by atoms with Crippen molar-refractivity contribution in [1.29, 1.82) is 0 Å². The molecule has 0 radical (unpaired) electrons. The number of oxazole rings is 1. The summed E-state index contributed by atoms with van der Waals surface area (Å²) in [5, 5.41) is 16.1. The fourth-order valence-corrected chi connectivity index (χ4v) is 4.18. The molecule has 1 saturated carbocycles. The van der Waals surface area contributed by atoms with Crippen LogP contribution in [0.15, 0.2) is 70.7 Å². The molecule has 1 heterocycles. The highest BCUT2D eigenvalue weighted by Gasteiger charge is 2.45. The second-order valence-electron chi connectivity index (χ2n) is 7.82. The quantitative estimate of drug-likeness (QED) is 0.270. The van der Waals surface area contributed by atoms with E-state index in [1.807, 2.05) is 24.3 Å². The predicted octanol–water partition coefficient (Wildman–Crippen LogP) is 6.11. The maximum absolute atomic E-state index is 13.6. The van der Waals surface area contributed by atoms with E-state index in [-0.39, 0.29) is 18.5 Å². The third-order valence-corrected chi connectivity index (χ3v) is 5.90. The van der Waals surface area contributed by atoms with Crippen LogP contribution in [0.4, 0.5) is 18.9 Å². The van der Waals surface area contributed by atoms with Crippen LogP contribution < -0.4 is 5.32 Å². The summed E-state index contributed by atoms with van der Waals surface area (Å²) in [6.07, 6.45) is 0.935. The first-order valence-electron chi connectivity index (χ1n) is 10.0. The van der Waals surface area contributed by atoms with Crippen LogP contribution in [-0.4, -0.2) is 22.4 Å². The van der Waals surface area contributed by atoms with Crippen molar-refractivity contribution in [2.75, 3.05) is 11.9 Å². The monoisotopic (exact) mass is 429 g/mol. The fraction of sp³-hybridized carbons (Fsp3) is 0.304. The maximum atomic E-state index is 13.6. The molecule has 3 aromatic rings. The van der Waals surface area contributed by atoms with Gasteiger partial charge in [0.1, 0.15) is 0 Å². The van der Waals surface area contributed by atoms with Crippen LogP contribution in [0.3, 0.4) is 0 Å². The standard InChI is InChI=1S/C23H22F3N3O2/c24-23(25,26)20-5-2-1-4-19(20)22(10-3-11-22)12-18(29-30)13-28-17-8-6-16(7-9-17)21-14-27-15-31-21/h1-2,4-9,14-15,28,30H,3,10-13H2. The molecule has 1 aliphatic carbocycles. The van der Waals surface area contributed by atoms with Gasteiger partial charge in [0.15, 0.2) is 12.2 Å². The number of anilines is 1. The van der Waals surface area contributed by atoms with Crippen molar-refractivity contribution >= 4 is 11.4 Å². The van der Waals surface area contributed by atoms with E-state index in [9.17, 15) is 18.4 Å². The number of benzene rings is 2. The van der Waals surface area contributed by atoms with Gasteiger partial charge < -0.3 is 14.9 Å². The minimum absolute atomic E-state index is 0.230. The average Bonchev–Trinajstić information content (AvgIpc) is 3.28. The van der Waals surface area contributed by atoms with Crippen molar-refractivity contribution in [2.24, 2.45) is 5.16 Å². The molecular formula is C23H22F3N3O2. The van der Waals surface area contributed by atoms with Crippen molar-refractivity contribution < 1.29 is 22.8 Å². The molecule has 0 amide bonds. The van der Waals surface area contributed by atoms with Gasteiger partial charge >= 0.3 is 6.18 Å². The zero-order valence-corrected chi connectivity index (χ0v) is 16.7. The largest absolute Gasteiger partial charge is 0.444 e. The highest BCUT2D eigenvalue weighted by atomic mass is 19.4. The van der Waals surface area contributed by atoms with E-state index in [1.54, 1.807) is 18.3 Å². The number of hydrogen-bond donors (Lipinski definition) is 2. The van der Waals surface area contributed by atoms with E-state index < -0.39 is 17.2 Å². The Bertz CT molecular complexity index is 1040. The number of rotatable bonds is 7. The van der Waals surface area contributed by atoms with Gasteiger partial charge in [0.2, 0.25) is 0 Å². The van der Waals surface area contributed by atoms with Crippen molar-refractivity contribution in [3.05, 3.63) is 72.2 Å². The smallest absolute Gasteiger partial charge is 0.416 e. The molecule has 1 fully saturated rings. The van der Waals surface area contributed by atoms with Crippen LogP contribution in [-0.2, 0) is 11.6 Å². The summed E-state index contributed by atoms with van der Waals surface area (Å²) in [6.45, 7) is 0.230. The summed E-state index contributed by atoms with van der Waals surface area (Å²) >= 11 is 0. The van der Waals surface area contributed by atoms with E-state index in [0.717, 1.165) is 23.7 Å². The first-order valence-corrected chi connectivity index (χ1v) is 10.0. The van der Waals surface area contributed by atoms with Gasteiger partial charge in [-0.3, -0.25) is 0 Å². The molecule has 2 aromatic carbocycles. The Kier molecular flexibility index (Phi) is 5.71. The summed E-state index contributed by atoms with van der Waals surface area (Å²) in [4.78, 5) is 3.89. The van der Waals surface area contributed by atoms with E-state index in [1.165, 1.54) is 12.5 Å². The van der Waals surface area contributed by atoms with E-state index >= 15 is 0 Å². The van der Waals surface area contributed by atoms with Crippen molar-refractivity contribution in [3.8, 4) is 11.3 Å². The van der Waals surface area contributed by atoms with Gasteiger partial charge in [0.25, 0.3) is 0 Å². The van der Waals surface area contributed by atoms with Gasteiger partial charge in [-0.1, -0.05) is 29.8 Å². The molecule has 0 spiro atoms. The van der Waals surface area contributed by atoms with E-state index in [2.05, 4.69) is 15.5 Å². The molecule has 2 N–H and O–H groups in total. The van der Waals surface area contributed by atoms with Crippen LogP contribution in [0.2, 0.25) is 0 Å². The Balaban J connectivity index is 1.46. The van der Waals surface area contributed by atoms with Gasteiger partial charge in [-0.05, 0) is 48.7 Å². The molecule has 0 unspecified atom stereocenters. The minimum Gasteiger partial charge on any atom is -0.444 e. The predicted molar refractivity (Wildman–Crippen MR) is 111 cm³/mol. The first kappa shape index (κ1) is 21.0. The van der Waals surface area contributed by atoms with Crippen LogP contribution in [0.25, 0.3) is 11.3 Å². The lowest BCUT2D eigenvalue weighted by Gasteiger charge is -2.44. The second-order valence-corrected chi connectivity index (χ2v) is 7.82. The van der Waals surface area contributed by atoms with Gasteiger partial charge in [-0.15, -0.1) is 0 Å². The molecule has 1 aromatic heterocycles. The summed E-state index contributed by atoms with van der Waals surface area (Å²) in [6, 6.07) is 13.2. The number of nitrogens with zero attached hydrogens (tertiary/aromatic N) is 2. The van der Waals surface area contributed by atoms with Crippen LogP contribution in [0, 0.1) is 0 Å². The molecular weight excluding hydrogens is 407 g/mol. The Morgan fingerprint density at radius 1 is 1.13 bits per heavy atom.